The zero-order valence-electron chi connectivity index (χ0n) is 16.5. The number of unbranched alkanes of at least 4 members (excludes halogenated alkanes) is 6. The van der Waals surface area contributed by atoms with Crippen molar-refractivity contribution in [3.8, 4) is 0 Å². The second-order valence-corrected chi connectivity index (χ2v) is 6.95. The van der Waals surface area contributed by atoms with Crippen LogP contribution >= 0.6 is 0 Å². The smallest absolute Gasteiger partial charge is 0.222 e. The van der Waals surface area contributed by atoms with Gasteiger partial charge in [0.15, 0.2) is 0 Å². The number of aliphatic hydroxyl groups excluding tert-OH is 2. The number of aliphatic hydroxyl groups is 2. The predicted molar refractivity (Wildman–Crippen MR) is 105 cm³/mol. The van der Waals surface area contributed by atoms with Crippen LogP contribution in [0.4, 0.5) is 0 Å². The maximum Gasteiger partial charge on any atom is 0.222 e. The van der Waals surface area contributed by atoms with E-state index in [1.165, 1.54) is 37.0 Å². The molecule has 2 N–H and O–H groups in total. The molecule has 1 amide bonds. The van der Waals surface area contributed by atoms with Crippen LogP contribution in [0.1, 0.15) is 77.6 Å². The first kappa shape index (κ1) is 23.9. The SMILES string of the molecule is CCCCCCCCC(O)C=CCCC=CC(O)CCC(=O)N(C)C. The first-order chi connectivity index (χ1) is 12.0. The molecule has 4 heteroatoms. The maximum absolute atomic E-state index is 11.4. The van der Waals surface area contributed by atoms with Gasteiger partial charge in [-0.3, -0.25) is 4.79 Å². The predicted octanol–water partition coefficient (Wildman–Crippen LogP) is 4.22. The Morgan fingerprint density at radius 1 is 0.880 bits per heavy atom. The standard InChI is InChI=1S/C21H39NO3/c1-4-5-6-7-8-11-14-19(23)15-12-9-10-13-16-20(24)17-18-21(25)22(2)3/h12-13,15-16,19-20,23-24H,4-11,14,17-18H2,1-3H3. The van der Waals surface area contributed by atoms with Crippen LogP contribution in [0.3, 0.4) is 0 Å². The van der Waals surface area contributed by atoms with Crippen LogP contribution in [0.2, 0.25) is 0 Å². The van der Waals surface area contributed by atoms with Crippen molar-refractivity contribution in [2.75, 3.05) is 14.1 Å². The van der Waals surface area contributed by atoms with Gasteiger partial charge in [-0.1, -0.05) is 69.8 Å². The van der Waals surface area contributed by atoms with Gasteiger partial charge >= 0.3 is 0 Å². The molecular weight excluding hydrogens is 314 g/mol. The average molecular weight is 354 g/mol. The second kappa shape index (κ2) is 16.3. The molecule has 2 atom stereocenters. The minimum atomic E-state index is -0.564. The Labute approximate surface area is 154 Å². The Kier molecular flexibility index (Phi) is 15.6. The molecule has 146 valence electrons. The number of rotatable bonds is 15. The minimum Gasteiger partial charge on any atom is -0.389 e. The van der Waals surface area contributed by atoms with E-state index in [9.17, 15) is 15.0 Å². The van der Waals surface area contributed by atoms with E-state index < -0.39 is 6.10 Å². The van der Waals surface area contributed by atoms with E-state index in [1.54, 1.807) is 20.2 Å². The van der Waals surface area contributed by atoms with Gasteiger partial charge < -0.3 is 15.1 Å². The number of amides is 1. The lowest BCUT2D eigenvalue weighted by Crippen LogP contribution is -2.22. The number of hydrogen-bond donors (Lipinski definition) is 2. The van der Waals surface area contributed by atoms with Crippen LogP contribution in [0.25, 0.3) is 0 Å². The second-order valence-electron chi connectivity index (χ2n) is 6.95. The molecule has 0 fully saturated rings. The maximum atomic E-state index is 11.4. The van der Waals surface area contributed by atoms with Gasteiger partial charge in [0.05, 0.1) is 12.2 Å². The fourth-order valence-corrected chi connectivity index (χ4v) is 2.52. The highest BCUT2D eigenvalue weighted by Crippen LogP contribution is 2.09. The van der Waals surface area contributed by atoms with Gasteiger partial charge in [0.2, 0.25) is 5.91 Å². The average Bonchev–Trinajstić information content (AvgIpc) is 2.58. The topological polar surface area (TPSA) is 60.8 Å². The van der Waals surface area contributed by atoms with Gasteiger partial charge in [-0.25, -0.2) is 0 Å². The van der Waals surface area contributed by atoms with Crippen molar-refractivity contribution in [2.24, 2.45) is 0 Å². The van der Waals surface area contributed by atoms with Gasteiger partial charge in [0.1, 0.15) is 0 Å². The van der Waals surface area contributed by atoms with Crippen LogP contribution in [0.5, 0.6) is 0 Å². The number of nitrogens with zero attached hydrogens (tertiary/aromatic N) is 1. The van der Waals surface area contributed by atoms with Crippen molar-refractivity contribution in [3.63, 3.8) is 0 Å². The molecule has 0 saturated heterocycles. The Morgan fingerprint density at radius 3 is 1.96 bits per heavy atom. The molecule has 0 bridgehead atoms. The molecule has 0 saturated carbocycles. The first-order valence-electron chi connectivity index (χ1n) is 9.87. The van der Waals surface area contributed by atoms with Crippen molar-refractivity contribution >= 4 is 5.91 Å². The molecule has 0 aliphatic heterocycles. The van der Waals surface area contributed by atoms with Crippen molar-refractivity contribution in [2.45, 2.75) is 89.8 Å². The third kappa shape index (κ3) is 16.1. The summed E-state index contributed by atoms with van der Waals surface area (Å²) in [6.07, 6.45) is 17.5. The molecule has 0 spiro atoms. The highest BCUT2D eigenvalue weighted by Gasteiger charge is 2.06. The van der Waals surface area contributed by atoms with Crippen molar-refractivity contribution < 1.29 is 15.0 Å². The highest BCUT2D eigenvalue weighted by molar-refractivity contribution is 5.75. The van der Waals surface area contributed by atoms with E-state index in [1.807, 2.05) is 18.2 Å². The van der Waals surface area contributed by atoms with Crippen LogP contribution in [0.15, 0.2) is 24.3 Å². The Morgan fingerprint density at radius 2 is 1.40 bits per heavy atom. The Balaban J connectivity index is 3.64. The van der Waals surface area contributed by atoms with Crippen molar-refractivity contribution in [1.82, 2.24) is 4.90 Å². The molecule has 2 unspecified atom stereocenters. The Hall–Kier alpha value is -1.13. The quantitative estimate of drug-likeness (QED) is 0.342. The monoisotopic (exact) mass is 353 g/mol. The van der Waals surface area contributed by atoms with Gasteiger partial charge in [-0.2, -0.15) is 0 Å². The van der Waals surface area contributed by atoms with Crippen LogP contribution in [0, 0.1) is 0 Å². The number of hydrogen-bond acceptors (Lipinski definition) is 3. The number of carbonyl (C=O) groups excluding carboxylic acids is 1. The van der Waals surface area contributed by atoms with Gasteiger partial charge in [-0.15, -0.1) is 0 Å². The van der Waals surface area contributed by atoms with E-state index in [2.05, 4.69) is 6.92 Å². The molecule has 0 aliphatic carbocycles. The summed E-state index contributed by atoms with van der Waals surface area (Å²) < 4.78 is 0. The summed E-state index contributed by atoms with van der Waals surface area (Å²) in [6, 6.07) is 0. The zero-order valence-corrected chi connectivity index (χ0v) is 16.5. The molecule has 4 nitrogen and oxygen atoms in total. The summed E-state index contributed by atoms with van der Waals surface area (Å²) in [6.45, 7) is 2.22. The minimum absolute atomic E-state index is 0.0368. The van der Waals surface area contributed by atoms with Crippen LogP contribution in [-0.4, -0.2) is 47.3 Å². The van der Waals surface area contributed by atoms with Crippen LogP contribution in [-0.2, 0) is 4.79 Å². The number of allylic oxidation sites excluding steroid dienone is 2. The fraction of sp³-hybridized carbons (Fsp3) is 0.762. The van der Waals surface area contributed by atoms with Crippen LogP contribution < -0.4 is 0 Å². The lowest BCUT2D eigenvalue weighted by Gasteiger charge is -2.11. The van der Waals surface area contributed by atoms with E-state index >= 15 is 0 Å². The number of carbonyl (C=O) groups is 1. The van der Waals surface area contributed by atoms with Crippen molar-refractivity contribution in [3.05, 3.63) is 24.3 Å². The molecule has 25 heavy (non-hydrogen) atoms. The van der Waals surface area contributed by atoms with Gasteiger partial charge in [-0.05, 0) is 25.7 Å². The molecule has 0 aromatic carbocycles. The molecular formula is C21H39NO3. The third-order valence-electron chi connectivity index (χ3n) is 4.22. The summed E-state index contributed by atoms with van der Waals surface area (Å²) in [7, 11) is 3.44. The molecule has 0 aliphatic rings. The summed E-state index contributed by atoms with van der Waals surface area (Å²) in [4.78, 5) is 13.0. The largest absolute Gasteiger partial charge is 0.389 e. The molecule has 0 rings (SSSR count). The summed E-state index contributed by atoms with van der Waals surface area (Å²) in [5.41, 5.74) is 0. The first-order valence-corrected chi connectivity index (χ1v) is 9.87. The lowest BCUT2D eigenvalue weighted by atomic mass is 10.1. The normalized spacial score (nSPS) is 14.3. The summed E-state index contributed by atoms with van der Waals surface area (Å²) in [5, 5.41) is 19.7. The summed E-state index contributed by atoms with van der Waals surface area (Å²) in [5.74, 6) is 0.0368. The third-order valence-corrected chi connectivity index (χ3v) is 4.22. The molecule has 0 heterocycles. The molecule has 0 aromatic rings. The van der Waals surface area contributed by atoms with E-state index in [0.29, 0.717) is 12.8 Å². The molecule has 0 radical (unpaired) electrons. The highest BCUT2D eigenvalue weighted by atomic mass is 16.3. The zero-order chi connectivity index (χ0) is 18.9. The Bertz CT molecular complexity index is 377. The van der Waals surface area contributed by atoms with Gasteiger partial charge in [0, 0.05) is 20.5 Å². The lowest BCUT2D eigenvalue weighted by molar-refractivity contribution is -0.129. The van der Waals surface area contributed by atoms with E-state index in [4.69, 9.17) is 0 Å². The molecule has 0 aromatic heterocycles. The van der Waals surface area contributed by atoms with E-state index in [-0.39, 0.29) is 12.0 Å². The fourth-order valence-electron chi connectivity index (χ4n) is 2.52. The summed E-state index contributed by atoms with van der Waals surface area (Å²) >= 11 is 0. The van der Waals surface area contributed by atoms with Crippen molar-refractivity contribution in [1.29, 1.82) is 0 Å². The van der Waals surface area contributed by atoms with E-state index in [0.717, 1.165) is 25.7 Å². The van der Waals surface area contributed by atoms with Gasteiger partial charge in [0.25, 0.3) is 0 Å².